The van der Waals surface area contributed by atoms with E-state index in [0.717, 1.165) is 19.1 Å². The van der Waals surface area contributed by atoms with Crippen molar-refractivity contribution in [3.05, 3.63) is 0 Å². The summed E-state index contributed by atoms with van der Waals surface area (Å²) < 4.78 is 5.83. The Hall–Kier alpha value is -0.120. The normalized spacial score (nSPS) is 33.5. The van der Waals surface area contributed by atoms with Crippen molar-refractivity contribution in [2.45, 2.75) is 52.7 Å². The van der Waals surface area contributed by atoms with Gasteiger partial charge in [0.2, 0.25) is 0 Å². The molecule has 3 unspecified atom stereocenters. The fourth-order valence-corrected chi connectivity index (χ4v) is 3.86. The molecule has 0 aromatic carbocycles. The molecule has 0 aromatic rings. The zero-order chi connectivity index (χ0) is 13.2. The van der Waals surface area contributed by atoms with E-state index in [9.17, 15) is 0 Å². The van der Waals surface area contributed by atoms with Gasteiger partial charge in [0.1, 0.15) is 0 Å². The van der Waals surface area contributed by atoms with Gasteiger partial charge in [-0.15, -0.1) is 0 Å². The summed E-state index contributed by atoms with van der Waals surface area (Å²) in [6.07, 6.45) is 3.01. The molecule has 1 heterocycles. The van der Waals surface area contributed by atoms with Crippen LogP contribution < -0.4 is 5.32 Å². The van der Waals surface area contributed by atoms with E-state index < -0.39 is 0 Å². The minimum atomic E-state index is 0.322. The van der Waals surface area contributed by atoms with E-state index in [2.05, 4.69) is 37.9 Å². The predicted molar refractivity (Wildman–Crippen MR) is 75.8 cm³/mol. The highest BCUT2D eigenvalue weighted by molar-refractivity contribution is 5.11. The maximum atomic E-state index is 5.83. The lowest BCUT2D eigenvalue weighted by Gasteiger charge is -2.55. The second-order valence-corrected chi connectivity index (χ2v) is 6.43. The average Bonchev–Trinajstić information content (AvgIpc) is 2.79. The first-order valence-electron chi connectivity index (χ1n) is 7.68. The maximum absolute atomic E-state index is 5.83. The van der Waals surface area contributed by atoms with E-state index >= 15 is 0 Å². The van der Waals surface area contributed by atoms with Gasteiger partial charge in [-0.2, -0.15) is 0 Å². The Bertz CT molecular complexity index is 267. The molecule has 106 valence electrons. The summed E-state index contributed by atoms with van der Waals surface area (Å²) in [4.78, 5) is 2.53. The van der Waals surface area contributed by atoms with Gasteiger partial charge in [-0.05, 0) is 25.9 Å². The third-order valence-corrected chi connectivity index (χ3v) is 4.88. The Balaban J connectivity index is 1.73. The quantitative estimate of drug-likeness (QED) is 0.753. The molecule has 2 fully saturated rings. The summed E-state index contributed by atoms with van der Waals surface area (Å²) in [5.74, 6) is 0.765. The highest BCUT2D eigenvalue weighted by atomic mass is 16.5. The van der Waals surface area contributed by atoms with E-state index in [0.29, 0.717) is 17.6 Å². The van der Waals surface area contributed by atoms with Gasteiger partial charge in [0.25, 0.3) is 0 Å². The number of fused-ring (bicyclic) bond motifs is 1. The van der Waals surface area contributed by atoms with Crippen LogP contribution in [0.1, 0.15) is 40.5 Å². The van der Waals surface area contributed by atoms with Crippen LogP contribution in [-0.2, 0) is 4.74 Å². The molecule has 1 aliphatic heterocycles. The summed E-state index contributed by atoms with van der Waals surface area (Å²) in [6.45, 7) is 14.9. The first kappa shape index (κ1) is 14.3. The molecule has 18 heavy (non-hydrogen) atoms. The van der Waals surface area contributed by atoms with Crippen molar-refractivity contribution in [2.75, 3.05) is 32.8 Å². The number of hydrogen-bond donors (Lipinski definition) is 1. The van der Waals surface area contributed by atoms with Crippen molar-refractivity contribution in [3.63, 3.8) is 0 Å². The Morgan fingerprint density at radius 2 is 2.06 bits per heavy atom. The van der Waals surface area contributed by atoms with Crippen molar-refractivity contribution in [3.8, 4) is 0 Å². The summed E-state index contributed by atoms with van der Waals surface area (Å²) in [5.41, 5.74) is 0.322. The van der Waals surface area contributed by atoms with Crippen LogP contribution in [0.5, 0.6) is 0 Å². The van der Waals surface area contributed by atoms with Gasteiger partial charge in [0.15, 0.2) is 0 Å². The maximum Gasteiger partial charge on any atom is 0.0685 e. The zero-order valence-electron chi connectivity index (χ0n) is 12.5. The van der Waals surface area contributed by atoms with E-state index in [-0.39, 0.29) is 0 Å². The van der Waals surface area contributed by atoms with E-state index in [4.69, 9.17) is 4.74 Å². The second-order valence-electron chi connectivity index (χ2n) is 6.43. The lowest BCUT2D eigenvalue weighted by Crippen LogP contribution is -2.66. The van der Waals surface area contributed by atoms with Crippen LogP contribution in [0.4, 0.5) is 0 Å². The van der Waals surface area contributed by atoms with Gasteiger partial charge in [-0.3, -0.25) is 0 Å². The van der Waals surface area contributed by atoms with Crippen LogP contribution in [0.3, 0.4) is 0 Å². The smallest absolute Gasteiger partial charge is 0.0685 e. The molecule has 1 aliphatic carbocycles. The molecule has 2 aliphatic rings. The van der Waals surface area contributed by atoms with Gasteiger partial charge >= 0.3 is 0 Å². The van der Waals surface area contributed by atoms with Gasteiger partial charge in [-0.1, -0.05) is 27.7 Å². The van der Waals surface area contributed by atoms with Crippen LogP contribution >= 0.6 is 0 Å². The summed E-state index contributed by atoms with van der Waals surface area (Å²) in [7, 11) is 0. The first-order chi connectivity index (χ1) is 8.61. The van der Waals surface area contributed by atoms with E-state index in [1.54, 1.807) is 0 Å². The largest absolute Gasteiger partial charge is 0.377 e. The minimum absolute atomic E-state index is 0.322. The molecule has 0 amide bonds. The molecular weight excluding hydrogens is 224 g/mol. The molecule has 1 saturated heterocycles. The van der Waals surface area contributed by atoms with Gasteiger partial charge in [0, 0.05) is 37.1 Å². The van der Waals surface area contributed by atoms with Crippen molar-refractivity contribution >= 4 is 0 Å². The van der Waals surface area contributed by atoms with Crippen molar-refractivity contribution in [1.29, 1.82) is 0 Å². The lowest BCUT2D eigenvalue weighted by atomic mass is 9.57. The number of ether oxygens (including phenoxy) is 1. The highest BCUT2D eigenvalue weighted by Gasteiger charge is 2.58. The van der Waals surface area contributed by atoms with Crippen molar-refractivity contribution in [2.24, 2.45) is 11.3 Å². The summed E-state index contributed by atoms with van der Waals surface area (Å²) in [6, 6.07) is 0.658. The topological polar surface area (TPSA) is 24.5 Å². The Kier molecular flexibility index (Phi) is 4.68. The molecule has 3 atom stereocenters. The number of nitrogens with zero attached hydrogens (tertiary/aromatic N) is 1. The third-order valence-electron chi connectivity index (χ3n) is 4.88. The van der Waals surface area contributed by atoms with Crippen LogP contribution in [0.25, 0.3) is 0 Å². The monoisotopic (exact) mass is 254 g/mol. The number of rotatable bonds is 7. The average molecular weight is 254 g/mol. The second kappa shape index (κ2) is 5.89. The van der Waals surface area contributed by atoms with Crippen LogP contribution in [-0.4, -0.2) is 49.8 Å². The Morgan fingerprint density at radius 1 is 1.28 bits per heavy atom. The summed E-state index contributed by atoms with van der Waals surface area (Å²) in [5, 5.41) is 3.78. The molecule has 1 N–H and O–H groups in total. The minimum Gasteiger partial charge on any atom is -0.377 e. The van der Waals surface area contributed by atoms with Gasteiger partial charge < -0.3 is 15.0 Å². The van der Waals surface area contributed by atoms with Crippen molar-refractivity contribution < 1.29 is 4.74 Å². The molecule has 0 bridgehead atoms. The third kappa shape index (κ3) is 2.59. The highest BCUT2D eigenvalue weighted by Crippen LogP contribution is 2.51. The van der Waals surface area contributed by atoms with Crippen molar-refractivity contribution in [1.82, 2.24) is 10.2 Å². The molecule has 0 spiro atoms. The van der Waals surface area contributed by atoms with Gasteiger partial charge in [-0.25, -0.2) is 0 Å². The fraction of sp³-hybridized carbons (Fsp3) is 1.00. The number of likely N-dealkylation sites (N-methyl/N-ethyl adjacent to an activating group) is 1. The van der Waals surface area contributed by atoms with E-state index in [1.165, 1.54) is 32.5 Å². The first-order valence-corrected chi connectivity index (χ1v) is 7.68. The SMILES string of the molecule is CCCN(CC)CCNC1C2CCOC2C1(C)C. The van der Waals surface area contributed by atoms with Crippen LogP contribution in [0.15, 0.2) is 0 Å². The fourth-order valence-electron chi connectivity index (χ4n) is 3.86. The lowest BCUT2D eigenvalue weighted by molar-refractivity contribution is -0.112. The molecule has 2 rings (SSSR count). The number of nitrogens with one attached hydrogen (secondary N) is 1. The molecular formula is C15H30N2O. The summed E-state index contributed by atoms with van der Waals surface area (Å²) >= 11 is 0. The van der Waals surface area contributed by atoms with Crippen LogP contribution in [0.2, 0.25) is 0 Å². The van der Waals surface area contributed by atoms with E-state index in [1.807, 2.05) is 0 Å². The molecule has 0 aromatic heterocycles. The molecule has 3 heteroatoms. The van der Waals surface area contributed by atoms with Gasteiger partial charge in [0.05, 0.1) is 6.10 Å². The zero-order valence-corrected chi connectivity index (χ0v) is 12.5. The molecule has 0 radical (unpaired) electrons. The Labute approximate surface area is 112 Å². The standard InChI is InChI=1S/C15H30N2O/c1-5-9-17(6-2)10-8-16-13-12-7-11-18-14(12)15(13,3)4/h12-14,16H,5-11H2,1-4H3. The molecule has 1 saturated carbocycles. The van der Waals surface area contributed by atoms with Crippen LogP contribution in [0, 0.1) is 11.3 Å². The number of hydrogen-bond acceptors (Lipinski definition) is 3. The predicted octanol–water partition coefficient (Wildman–Crippen LogP) is 2.12. The molecule has 3 nitrogen and oxygen atoms in total. The Morgan fingerprint density at radius 3 is 2.72 bits per heavy atom.